The van der Waals surface area contributed by atoms with Gasteiger partial charge in [0.25, 0.3) is 5.91 Å². The van der Waals surface area contributed by atoms with E-state index in [1.54, 1.807) is 36.4 Å². The number of para-hydroxylation sites is 1. The van der Waals surface area contributed by atoms with Gasteiger partial charge >= 0.3 is 0 Å². The molecular weight excluding hydrogens is 336 g/mol. The van der Waals surface area contributed by atoms with Crippen molar-refractivity contribution in [3.63, 3.8) is 0 Å². The lowest BCUT2D eigenvalue weighted by Crippen LogP contribution is -2.13. The summed E-state index contributed by atoms with van der Waals surface area (Å²) in [5, 5.41) is 12.3. The molecule has 122 valence electrons. The maximum atomic E-state index is 12.3. The van der Waals surface area contributed by atoms with Crippen molar-refractivity contribution in [1.29, 1.82) is 5.26 Å². The first kappa shape index (κ1) is 16.6. The summed E-state index contributed by atoms with van der Waals surface area (Å²) in [5.74, 6) is 0.536. The standard InChI is InChI=1S/C20H13ClN2O2/c21-17-8-4-5-9-18(17)23-20(24)15(13-22)12-16-10-11-19(25-16)14-6-2-1-3-7-14/h1-12H,(H,23,24)/b15-12-. The monoisotopic (exact) mass is 348 g/mol. The second-order valence-corrected chi connectivity index (χ2v) is 5.58. The zero-order chi connectivity index (χ0) is 17.6. The summed E-state index contributed by atoms with van der Waals surface area (Å²) < 4.78 is 5.69. The Balaban J connectivity index is 1.81. The number of amides is 1. The molecule has 0 saturated carbocycles. The molecule has 0 bridgehead atoms. The third-order valence-corrected chi connectivity index (χ3v) is 3.79. The zero-order valence-electron chi connectivity index (χ0n) is 13.1. The minimum absolute atomic E-state index is 0.0751. The fraction of sp³-hybridized carbons (Fsp3) is 0. The van der Waals surface area contributed by atoms with Gasteiger partial charge in [-0.05, 0) is 24.3 Å². The van der Waals surface area contributed by atoms with Gasteiger partial charge in [0, 0.05) is 11.6 Å². The summed E-state index contributed by atoms with van der Waals surface area (Å²) in [7, 11) is 0. The van der Waals surface area contributed by atoms with Gasteiger partial charge in [-0.3, -0.25) is 4.79 Å². The first-order valence-corrected chi connectivity index (χ1v) is 7.88. The van der Waals surface area contributed by atoms with Crippen LogP contribution in [0.4, 0.5) is 5.69 Å². The molecule has 0 spiro atoms. The Morgan fingerprint density at radius 2 is 1.76 bits per heavy atom. The number of hydrogen-bond donors (Lipinski definition) is 1. The van der Waals surface area contributed by atoms with Crippen molar-refractivity contribution >= 4 is 29.3 Å². The highest BCUT2D eigenvalue weighted by Gasteiger charge is 2.12. The lowest BCUT2D eigenvalue weighted by Gasteiger charge is -2.05. The Labute approximate surface area is 150 Å². The third kappa shape index (κ3) is 3.97. The molecule has 0 unspecified atom stereocenters. The summed E-state index contributed by atoms with van der Waals surface area (Å²) >= 11 is 6.01. The van der Waals surface area contributed by atoms with Gasteiger partial charge in [0.05, 0.1) is 10.7 Å². The highest BCUT2D eigenvalue weighted by atomic mass is 35.5. The van der Waals surface area contributed by atoms with Crippen LogP contribution in [0.5, 0.6) is 0 Å². The molecule has 3 rings (SSSR count). The number of furan rings is 1. The first-order valence-electron chi connectivity index (χ1n) is 7.50. The van der Waals surface area contributed by atoms with E-state index in [-0.39, 0.29) is 5.57 Å². The average molecular weight is 349 g/mol. The minimum Gasteiger partial charge on any atom is -0.457 e. The SMILES string of the molecule is N#C/C(=C/c1ccc(-c2ccccc2)o1)C(=O)Nc1ccccc1Cl. The number of nitrogens with zero attached hydrogens (tertiary/aromatic N) is 1. The molecule has 0 fully saturated rings. The molecule has 1 aromatic heterocycles. The van der Waals surface area contributed by atoms with Gasteiger partial charge in [-0.1, -0.05) is 54.1 Å². The number of rotatable bonds is 4. The van der Waals surface area contributed by atoms with Crippen LogP contribution in [0.2, 0.25) is 5.02 Å². The number of nitriles is 1. The van der Waals surface area contributed by atoms with Gasteiger partial charge in [0.15, 0.2) is 0 Å². The predicted octanol–water partition coefficient (Wildman–Crippen LogP) is 5.15. The molecule has 0 aliphatic heterocycles. The third-order valence-electron chi connectivity index (χ3n) is 3.46. The number of anilines is 1. The van der Waals surface area contributed by atoms with Crippen LogP contribution < -0.4 is 5.32 Å². The molecule has 2 aromatic carbocycles. The molecule has 0 saturated heterocycles. The lowest BCUT2D eigenvalue weighted by molar-refractivity contribution is -0.112. The average Bonchev–Trinajstić information content (AvgIpc) is 3.11. The maximum absolute atomic E-state index is 12.3. The zero-order valence-corrected chi connectivity index (χ0v) is 13.8. The van der Waals surface area contributed by atoms with Crippen molar-refractivity contribution in [2.24, 2.45) is 0 Å². The summed E-state index contributed by atoms with van der Waals surface area (Å²) in [6.07, 6.45) is 1.40. The van der Waals surface area contributed by atoms with Crippen LogP contribution in [0.3, 0.4) is 0 Å². The van der Waals surface area contributed by atoms with Crippen molar-refractivity contribution < 1.29 is 9.21 Å². The number of benzene rings is 2. The summed E-state index contributed by atoms with van der Waals surface area (Å²) in [6, 6.07) is 21.8. The fourth-order valence-electron chi connectivity index (χ4n) is 2.23. The molecule has 0 atom stereocenters. The molecule has 0 radical (unpaired) electrons. The van der Waals surface area contributed by atoms with Crippen molar-refractivity contribution in [2.75, 3.05) is 5.32 Å². The molecule has 1 N–H and O–H groups in total. The fourth-order valence-corrected chi connectivity index (χ4v) is 2.41. The molecule has 5 heteroatoms. The molecular formula is C20H13ClN2O2. The Hall–Kier alpha value is -3.29. The van der Waals surface area contributed by atoms with Crippen LogP contribution in [0.25, 0.3) is 17.4 Å². The Morgan fingerprint density at radius 1 is 1.04 bits per heavy atom. The van der Waals surface area contributed by atoms with Crippen molar-refractivity contribution in [3.8, 4) is 17.4 Å². The van der Waals surface area contributed by atoms with E-state index in [0.29, 0.717) is 22.2 Å². The van der Waals surface area contributed by atoms with Crippen molar-refractivity contribution in [3.05, 3.63) is 83.1 Å². The highest BCUT2D eigenvalue weighted by molar-refractivity contribution is 6.34. The number of carbonyl (C=O) groups excluding carboxylic acids is 1. The van der Waals surface area contributed by atoms with Gasteiger partial charge in [-0.2, -0.15) is 5.26 Å². The summed E-state index contributed by atoms with van der Waals surface area (Å²) in [6.45, 7) is 0. The Bertz CT molecular complexity index is 969. The number of carbonyl (C=O) groups is 1. The molecule has 1 heterocycles. The normalized spacial score (nSPS) is 11.0. The molecule has 3 aromatic rings. The van der Waals surface area contributed by atoms with Gasteiger partial charge in [-0.25, -0.2) is 0 Å². The molecule has 0 aliphatic rings. The number of nitrogens with one attached hydrogen (secondary N) is 1. The highest BCUT2D eigenvalue weighted by Crippen LogP contribution is 2.24. The Kier molecular flexibility index (Phi) is 4.98. The first-order chi connectivity index (χ1) is 12.2. The van der Waals surface area contributed by atoms with Crippen molar-refractivity contribution in [2.45, 2.75) is 0 Å². The van der Waals surface area contributed by atoms with Crippen LogP contribution in [-0.4, -0.2) is 5.91 Å². The van der Waals surface area contributed by atoms with E-state index in [2.05, 4.69) is 5.32 Å². The maximum Gasteiger partial charge on any atom is 0.266 e. The Morgan fingerprint density at radius 3 is 2.48 bits per heavy atom. The van der Waals surface area contributed by atoms with Crippen LogP contribution in [-0.2, 0) is 4.79 Å². The van der Waals surface area contributed by atoms with Gasteiger partial charge in [-0.15, -0.1) is 0 Å². The molecule has 25 heavy (non-hydrogen) atoms. The largest absolute Gasteiger partial charge is 0.457 e. The topological polar surface area (TPSA) is 66.0 Å². The molecule has 0 aliphatic carbocycles. The number of halogens is 1. The van der Waals surface area contributed by atoms with Gasteiger partial charge in [0.1, 0.15) is 23.2 Å². The predicted molar refractivity (Wildman–Crippen MR) is 97.8 cm³/mol. The number of hydrogen-bond acceptors (Lipinski definition) is 3. The second kappa shape index (κ2) is 7.52. The molecule has 4 nitrogen and oxygen atoms in total. The van der Waals surface area contributed by atoms with Crippen LogP contribution in [0.1, 0.15) is 5.76 Å². The smallest absolute Gasteiger partial charge is 0.266 e. The van der Waals surface area contributed by atoms with Gasteiger partial charge < -0.3 is 9.73 Å². The van der Waals surface area contributed by atoms with Crippen LogP contribution >= 0.6 is 11.6 Å². The second-order valence-electron chi connectivity index (χ2n) is 5.17. The molecule has 1 amide bonds. The van der Waals surface area contributed by atoms with Crippen LogP contribution in [0, 0.1) is 11.3 Å². The lowest BCUT2D eigenvalue weighted by atomic mass is 10.2. The summed E-state index contributed by atoms with van der Waals surface area (Å²) in [5.41, 5.74) is 1.29. The van der Waals surface area contributed by atoms with E-state index in [1.807, 2.05) is 36.4 Å². The van der Waals surface area contributed by atoms with E-state index >= 15 is 0 Å². The van der Waals surface area contributed by atoms with E-state index in [9.17, 15) is 10.1 Å². The summed E-state index contributed by atoms with van der Waals surface area (Å²) in [4.78, 5) is 12.3. The van der Waals surface area contributed by atoms with Crippen molar-refractivity contribution in [1.82, 2.24) is 0 Å². The van der Waals surface area contributed by atoms with E-state index < -0.39 is 5.91 Å². The quantitative estimate of drug-likeness (QED) is 0.524. The minimum atomic E-state index is -0.548. The van der Waals surface area contributed by atoms with E-state index in [1.165, 1.54) is 6.08 Å². The van der Waals surface area contributed by atoms with E-state index in [4.69, 9.17) is 16.0 Å². The van der Waals surface area contributed by atoms with E-state index in [0.717, 1.165) is 5.56 Å². The van der Waals surface area contributed by atoms with Gasteiger partial charge in [0.2, 0.25) is 0 Å². The van der Waals surface area contributed by atoms with Crippen LogP contribution in [0.15, 0.2) is 76.7 Å².